The second-order valence-electron chi connectivity index (χ2n) is 7.27. The van der Waals surface area contributed by atoms with E-state index < -0.39 is 43.5 Å². The molecule has 29 heavy (non-hydrogen) atoms. The molecule has 1 aromatic heterocycles. The molecule has 0 saturated carbocycles. The number of halogens is 1. The number of carboxylic acid groups (broad SMARTS) is 1. The Labute approximate surface area is 187 Å². The predicted molar refractivity (Wildman–Crippen MR) is 111 cm³/mol. The van der Waals surface area contributed by atoms with Gasteiger partial charge in [0.25, 0.3) is 0 Å². The van der Waals surface area contributed by atoms with Crippen molar-refractivity contribution in [2.75, 3.05) is 25.6 Å². The van der Waals surface area contributed by atoms with Crippen molar-refractivity contribution in [3.8, 4) is 11.8 Å². The molecule has 1 heterocycles. The maximum absolute atomic E-state index is 12.7. The van der Waals surface area contributed by atoms with Crippen molar-refractivity contribution < 1.29 is 42.5 Å². The fraction of sp³-hybridized carbons (Fsp3) is 0.350. The Bertz CT molecular complexity index is 1010. The van der Waals surface area contributed by atoms with E-state index >= 15 is 0 Å². The number of carboxylic acids is 1. The van der Waals surface area contributed by atoms with E-state index in [0.29, 0.717) is 9.30 Å². The number of benzene rings is 1. The first-order valence-electron chi connectivity index (χ1n) is 8.80. The van der Waals surface area contributed by atoms with Crippen LogP contribution in [0.4, 0.5) is 0 Å². The van der Waals surface area contributed by atoms with Gasteiger partial charge in [0.2, 0.25) is 0 Å². The van der Waals surface area contributed by atoms with Gasteiger partial charge >= 0.3 is 175 Å². The number of aryl methyl sites for hydroxylation is 1. The fourth-order valence-corrected chi connectivity index (χ4v) is 7.11. The molecule has 2 aromatic rings. The number of nitrogens with one attached hydrogen (secondary N) is 1. The van der Waals surface area contributed by atoms with Gasteiger partial charge in [0, 0.05) is 0 Å². The van der Waals surface area contributed by atoms with Crippen molar-refractivity contribution in [1.29, 1.82) is 0 Å². The minimum absolute atomic E-state index is 0.143. The molecular formula is C20H25IN2O4S2. The van der Waals surface area contributed by atoms with Gasteiger partial charge in [-0.05, 0) is 6.92 Å². The SMILES string of the molecule is Cc1ccc(C#Cc2ccc(S(=O)(=O)N[C@@H](C[I-][N+](C)(C)C)CC(=O)O)s2)cc1. The summed E-state index contributed by atoms with van der Waals surface area (Å²) in [6, 6.07) is 10.3. The first-order valence-corrected chi connectivity index (χ1v) is 13.6. The average Bonchev–Trinajstić information content (AvgIpc) is 3.08. The number of aliphatic carboxylic acids is 1. The summed E-state index contributed by atoms with van der Waals surface area (Å²) in [5.41, 5.74) is 2.01. The van der Waals surface area contributed by atoms with E-state index in [1.54, 1.807) is 6.07 Å². The first-order chi connectivity index (χ1) is 13.4. The first kappa shape index (κ1) is 23.8. The number of thiophene rings is 1. The number of hydrogen-bond donors (Lipinski definition) is 2. The molecule has 0 aliphatic heterocycles. The van der Waals surface area contributed by atoms with E-state index in [9.17, 15) is 13.2 Å². The molecule has 0 fully saturated rings. The number of hydrogen-bond acceptors (Lipinski definition) is 4. The molecule has 1 atom stereocenters. The fourth-order valence-electron chi connectivity index (χ4n) is 2.21. The molecule has 0 unspecified atom stereocenters. The van der Waals surface area contributed by atoms with Crippen LogP contribution < -0.4 is 26.2 Å². The molecule has 0 saturated heterocycles. The Kier molecular flexibility index (Phi) is 8.25. The van der Waals surface area contributed by atoms with Crippen LogP contribution in [0.15, 0.2) is 40.6 Å². The van der Waals surface area contributed by atoms with Crippen LogP contribution in [0.2, 0.25) is 0 Å². The van der Waals surface area contributed by atoms with E-state index in [1.807, 2.05) is 52.3 Å². The molecule has 2 rings (SSSR count). The molecule has 0 amide bonds. The van der Waals surface area contributed by atoms with Gasteiger partial charge in [0.05, 0.1) is 0 Å². The average molecular weight is 548 g/mol. The van der Waals surface area contributed by atoms with E-state index in [0.717, 1.165) is 25.2 Å². The molecule has 0 spiro atoms. The van der Waals surface area contributed by atoms with Gasteiger partial charge in [-0.3, -0.25) is 0 Å². The quantitative estimate of drug-likeness (QED) is 0.198. The summed E-state index contributed by atoms with van der Waals surface area (Å²) in [5.74, 6) is 5.00. The van der Waals surface area contributed by atoms with Crippen LogP contribution >= 0.6 is 11.3 Å². The second-order valence-corrected chi connectivity index (χ2v) is 14.8. The van der Waals surface area contributed by atoms with E-state index in [2.05, 4.69) is 16.6 Å². The molecule has 0 aliphatic carbocycles. The molecular weight excluding hydrogens is 523 g/mol. The number of nitrogens with zero attached hydrogens (tertiary/aromatic N) is 1. The Balaban J connectivity index is 2.13. The van der Waals surface area contributed by atoms with Gasteiger partial charge < -0.3 is 0 Å². The van der Waals surface area contributed by atoms with Gasteiger partial charge in [0.15, 0.2) is 0 Å². The molecule has 158 valence electrons. The van der Waals surface area contributed by atoms with Crippen molar-refractivity contribution in [2.45, 2.75) is 23.6 Å². The van der Waals surface area contributed by atoms with Crippen molar-refractivity contribution in [1.82, 2.24) is 4.72 Å². The summed E-state index contributed by atoms with van der Waals surface area (Å²) in [5, 5.41) is 9.14. The van der Waals surface area contributed by atoms with E-state index in [1.165, 1.54) is 6.07 Å². The number of alkyl halides is 1. The van der Waals surface area contributed by atoms with Crippen LogP contribution in [-0.2, 0) is 14.8 Å². The van der Waals surface area contributed by atoms with Crippen molar-refractivity contribution in [3.05, 3.63) is 52.4 Å². The third-order valence-electron chi connectivity index (χ3n) is 3.58. The van der Waals surface area contributed by atoms with Crippen LogP contribution in [0.3, 0.4) is 0 Å². The Morgan fingerprint density at radius 3 is 2.41 bits per heavy atom. The van der Waals surface area contributed by atoms with Crippen LogP contribution in [0, 0.1) is 18.8 Å². The van der Waals surface area contributed by atoms with Gasteiger partial charge in [-0.2, -0.15) is 0 Å². The monoisotopic (exact) mass is 548 g/mol. The van der Waals surface area contributed by atoms with Crippen molar-refractivity contribution in [3.63, 3.8) is 0 Å². The third-order valence-corrected chi connectivity index (χ3v) is 10.1. The van der Waals surface area contributed by atoms with Crippen LogP contribution in [-0.4, -0.2) is 53.8 Å². The Morgan fingerprint density at radius 2 is 1.83 bits per heavy atom. The van der Waals surface area contributed by atoms with Gasteiger partial charge in [-0.1, -0.05) is 5.56 Å². The Morgan fingerprint density at radius 1 is 1.17 bits per heavy atom. The number of sulfonamides is 1. The molecule has 0 radical (unpaired) electrons. The summed E-state index contributed by atoms with van der Waals surface area (Å²) in [6.07, 6.45) is -0.232. The number of carbonyl (C=O) groups is 1. The summed E-state index contributed by atoms with van der Waals surface area (Å²) in [7, 11) is 2.28. The summed E-state index contributed by atoms with van der Waals surface area (Å²) < 4.78 is 29.5. The molecule has 6 nitrogen and oxygen atoms in total. The van der Waals surface area contributed by atoms with Crippen LogP contribution in [0.1, 0.15) is 22.4 Å². The molecule has 0 aliphatic rings. The summed E-state index contributed by atoms with van der Waals surface area (Å²) in [4.78, 5) is 11.8. The van der Waals surface area contributed by atoms with E-state index in [4.69, 9.17) is 5.11 Å². The van der Waals surface area contributed by atoms with Crippen LogP contribution in [0.25, 0.3) is 0 Å². The van der Waals surface area contributed by atoms with Gasteiger partial charge in [-0.15, -0.1) is 0 Å². The maximum atomic E-state index is 12.7. The normalized spacial score (nSPS) is 13.0. The van der Waals surface area contributed by atoms with Gasteiger partial charge in [-0.25, -0.2) is 0 Å². The standard InChI is InChI=1S/C20H25IN2O4S2/c1-15-5-7-16(8-6-15)9-10-18-11-12-20(28-18)29(26,27)22-17(13-19(24)25)14-21-23(2,3)4/h5-8,11-12,17,22H,13-14H2,1-4H3,(H,24,25)/t17-/m1/s1. The topological polar surface area (TPSA) is 83.5 Å². The van der Waals surface area contributed by atoms with Crippen molar-refractivity contribution in [2.24, 2.45) is 0 Å². The van der Waals surface area contributed by atoms with Gasteiger partial charge in [0.1, 0.15) is 0 Å². The van der Waals surface area contributed by atoms with E-state index in [-0.39, 0.29) is 10.6 Å². The number of quaternary nitrogens is 1. The predicted octanol–water partition coefficient (Wildman–Crippen LogP) is -0.712. The Hall–Kier alpha value is -1.45. The second kappa shape index (κ2) is 10.0. The zero-order chi connectivity index (χ0) is 21.7. The third kappa shape index (κ3) is 8.44. The molecule has 0 bridgehead atoms. The summed E-state index contributed by atoms with van der Waals surface area (Å²) >= 11 is 0.664. The zero-order valence-electron chi connectivity index (χ0n) is 16.8. The van der Waals surface area contributed by atoms with Crippen molar-refractivity contribution >= 4 is 27.3 Å². The molecule has 1 aromatic carbocycles. The molecule has 9 heteroatoms. The van der Waals surface area contributed by atoms with Crippen LogP contribution in [0.5, 0.6) is 0 Å². The number of rotatable bonds is 8. The summed E-state index contributed by atoms with van der Waals surface area (Å²) in [6.45, 7) is 2.00. The molecule has 2 N–H and O–H groups in total. The zero-order valence-corrected chi connectivity index (χ0v) is 20.6. The minimum atomic E-state index is -3.79.